The number of rotatable bonds is 6. The maximum absolute atomic E-state index is 10.3. The number of hydrogen-bond donors (Lipinski definition) is 4. The van der Waals surface area contributed by atoms with Crippen LogP contribution in [0.15, 0.2) is 49.2 Å². The van der Waals surface area contributed by atoms with Gasteiger partial charge in [-0.05, 0) is 24.1 Å². The fourth-order valence-electron chi connectivity index (χ4n) is 3.86. The van der Waals surface area contributed by atoms with Gasteiger partial charge in [-0.2, -0.15) is 0 Å². The summed E-state index contributed by atoms with van der Waals surface area (Å²) in [5, 5.41) is 34.0. The van der Waals surface area contributed by atoms with E-state index in [1.807, 2.05) is 30.5 Å². The monoisotopic (exact) mass is 422 g/mol. The molecule has 0 bridgehead atoms. The first kappa shape index (κ1) is 19.8. The van der Waals surface area contributed by atoms with Crippen LogP contribution in [0, 0.1) is 0 Å². The van der Waals surface area contributed by atoms with Crippen LogP contribution in [-0.4, -0.2) is 71.3 Å². The number of anilines is 1. The van der Waals surface area contributed by atoms with Gasteiger partial charge in [0.05, 0.1) is 18.5 Å². The highest BCUT2D eigenvalue weighted by atomic mass is 16.6. The zero-order valence-corrected chi connectivity index (χ0v) is 16.5. The molecule has 1 aliphatic heterocycles. The third-order valence-electron chi connectivity index (χ3n) is 5.50. The van der Waals surface area contributed by atoms with Crippen molar-refractivity contribution < 1.29 is 20.1 Å². The molecule has 1 aromatic carbocycles. The number of aromatic nitrogens is 5. The van der Waals surface area contributed by atoms with Gasteiger partial charge < -0.3 is 25.4 Å². The van der Waals surface area contributed by atoms with Crippen LogP contribution in [0.2, 0.25) is 0 Å². The van der Waals surface area contributed by atoms with Crippen molar-refractivity contribution in [2.24, 2.45) is 0 Å². The van der Waals surface area contributed by atoms with E-state index in [4.69, 9.17) is 4.74 Å². The van der Waals surface area contributed by atoms with Crippen molar-refractivity contribution in [2.45, 2.75) is 31.0 Å². The molecule has 160 valence electrons. The van der Waals surface area contributed by atoms with Crippen molar-refractivity contribution >= 4 is 27.9 Å². The van der Waals surface area contributed by atoms with Crippen LogP contribution in [0.4, 0.5) is 5.82 Å². The Morgan fingerprint density at radius 2 is 1.94 bits per heavy atom. The van der Waals surface area contributed by atoms with E-state index in [1.54, 1.807) is 4.57 Å². The molecule has 1 fully saturated rings. The quantitative estimate of drug-likeness (QED) is 0.352. The number of nitrogens with one attached hydrogen (secondary N) is 1. The Labute approximate surface area is 177 Å². The number of nitrogens with zero attached hydrogens (tertiary/aromatic N) is 5. The molecule has 4 atom stereocenters. The van der Waals surface area contributed by atoms with Crippen LogP contribution >= 0.6 is 0 Å². The first-order chi connectivity index (χ1) is 15.2. The molecule has 0 radical (unpaired) electrons. The van der Waals surface area contributed by atoms with Crippen LogP contribution in [0.3, 0.4) is 0 Å². The van der Waals surface area contributed by atoms with E-state index in [1.165, 1.54) is 12.7 Å². The Morgan fingerprint density at radius 3 is 2.77 bits per heavy atom. The van der Waals surface area contributed by atoms with E-state index >= 15 is 0 Å². The minimum Gasteiger partial charge on any atom is -0.394 e. The molecular formula is C21H22N6O4. The molecule has 0 saturated carbocycles. The standard InChI is InChI=1S/C21H22N6O4/c28-9-15-17(29)18(30)21(31-15)27-11-26-16-19(24-10-25-20(16)27)22-6-5-12-7-13-3-1-2-4-14(13)23-8-12/h1-4,7-8,10-11,15,17-18,21,28-30H,5-6,9H2,(H,22,24,25)/t15-,17-,18-,21?/m1/s1. The summed E-state index contributed by atoms with van der Waals surface area (Å²) in [5.41, 5.74) is 3.05. The molecule has 1 saturated heterocycles. The first-order valence-electron chi connectivity index (χ1n) is 10.0. The van der Waals surface area contributed by atoms with Crippen molar-refractivity contribution in [2.75, 3.05) is 18.5 Å². The predicted molar refractivity (Wildman–Crippen MR) is 112 cm³/mol. The van der Waals surface area contributed by atoms with Crippen LogP contribution < -0.4 is 5.32 Å². The fraction of sp³-hybridized carbons (Fsp3) is 0.333. The number of fused-ring (bicyclic) bond motifs is 2. The lowest BCUT2D eigenvalue weighted by atomic mass is 10.1. The average Bonchev–Trinajstić information content (AvgIpc) is 3.35. The summed E-state index contributed by atoms with van der Waals surface area (Å²) in [4.78, 5) is 17.4. The van der Waals surface area contributed by atoms with Crippen LogP contribution in [0.1, 0.15) is 11.8 Å². The summed E-state index contributed by atoms with van der Waals surface area (Å²) >= 11 is 0. The summed E-state index contributed by atoms with van der Waals surface area (Å²) in [6, 6.07) is 10.1. The highest BCUT2D eigenvalue weighted by Crippen LogP contribution is 2.32. The Morgan fingerprint density at radius 1 is 1.06 bits per heavy atom. The molecule has 10 heteroatoms. The summed E-state index contributed by atoms with van der Waals surface area (Å²) in [6.07, 6.45) is 1.34. The fourth-order valence-corrected chi connectivity index (χ4v) is 3.86. The second kappa shape index (κ2) is 8.16. The van der Waals surface area contributed by atoms with Gasteiger partial charge in [0.2, 0.25) is 0 Å². The van der Waals surface area contributed by atoms with Gasteiger partial charge in [-0.3, -0.25) is 9.55 Å². The molecule has 3 aromatic heterocycles. The van der Waals surface area contributed by atoms with E-state index in [-0.39, 0.29) is 0 Å². The van der Waals surface area contributed by atoms with Crippen LogP contribution in [-0.2, 0) is 11.2 Å². The first-order valence-corrected chi connectivity index (χ1v) is 10.0. The predicted octanol–water partition coefficient (Wildman–Crippen LogP) is 0.641. The Bertz CT molecular complexity index is 1210. The van der Waals surface area contributed by atoms with Crippen molar-refractivity contribution in [3.05, 3.63) is 54.7 Å². The van der Waals surface area contributed by atoms with Gasteiger partial charge in [0, 0.05) is 18.1 Å². The molecule has 1 unspecified atom stereocenters. The average molecular weight is 422 g/mol. The van der Waals surface area contributed by atoms with Gasteiger partial charge in [-0.15, -0.1) is 0 Å². The number of hydrogen-bond acceptors (Lipinski definition) is 9. The van der Waals surface area contributed by atoms with E-state index < -0.39 is 31.1 Å². The lowest BCUT2D eigenvalue weighted by molar-refractivity contribution is -0.0511. The van der Waals surface area contributed by atoms with Crippen molar-refractivity contribution in [1.29, 1.82) is 0 Å². The number of aliphatic hydroxyl groups excluding tert-OH is 3. The SMILES string of the molecule is OC[C@H]1OC(n2cnc3c(NCCc4cnc5ccccc5c4)ncnc32)[C@H](O)[C@@H]1O. The minimum atomic E-state index is -1.21. The minimum absolute atomic E-state index is 0.396. The van der Waals surface area contributed by atoms with Crippen LogP contribution in [0.5, 0.6) is 0 Å². The van der Waals surface area contributed by atoms with E-state index in [2.05, 4.69) is 31.3 Å². The maximum Gasteiger partial charge on any atom is 0.167 e. The van der Waals surface area contributed by atoms with Gasteiger partial charge in [-0.25, -0.2) is 15.0 Å². The van der Waals surface area contributed by atoms with Gasteiger partial charge in [0.15, 0.2) is 23.2 Å². The number of aliphatic hydroxyl groups is 3. The molecule has 0 spiro atoms. The molecule has 4 aromatic rings. The van der Waals surface area contributed by atoms with Crippen molar-refractivity contribution in [3.63, 3.8) is 0 Å². The van der Waals surface area contributed by atoms with Gasteiger partial charge in [-0.1, -0.05) is 18.2 Å². The summed E-state index contributed by atoms with van der Waals surface area (Å²) in [7, 11) is 0. The molecule has 31 heavy (non-hydrogen) atoms. The second-order valence-corrected chi connectivity index (χ2v) is 7.49. The molecule has 1 aliphatic rings. The largest absolute Gasteiger partial charge is 0.394 e. The van der Waals surface area contributed by atoms with E-state index in [0.717, 1.165) is 22.9 Å². The molecule has 5 rings (SSSR count). The topological polar surface area (TPSA) is 138 Å². The molecular weight excluding hydrogens is 400 g/mol. The zero-order valence-electron chi connectivity index (χ0n) is 16.5. The lowest BCUT2D eigenvalue weighted by Crippen LogP contribution is -2.33. The van der Waals surface area contributed by atoms with Crippen molar-refractivity contribution in [1.82, 2.24) is 24.5 Å². The normalized spacial score (nSPS) is 23.6. The molecule has 4 heterocycles. The number of imidazole rings is 1. The van der Waals surface area contributed by atoms with Crippen molar-refractivity contribution in [3.8, 4) is 0 Å². The smallest absolute Gasteiger partial charge is 0.167 e. The summed E-state index contributed by atoms with van der Waals surface area (Å²) in [5.74, 6) is 0.559. The summed E-state index contributed by atoms with van der Waals surface area (Å²) < 4.78 is 7.13. The van der Waals surface area contributed by atoms with Gasteiger partial charge in [0.1, 0.15) is 24.6 Å². The number of para-hydroxylation sites is 1. The number of ether oxygens (including phenoxy) is 1. The highest BCUT2D eigenvalue weighted by Gasteiger charge is 2.44. The molecule has 4 N–H and O–H groups in total. The third-order valence-corrected chi connectivity index (χ3v) is 5.50. The molecule has 10 nitrogen and oxygen atoms in total. The van der Waals surface area contributed by atoms with E-state index in [0.29, 0.717) is 23.5 Å². The maximum atomic E-state index is 10.3. The molecule has 0 amide bonds. The second-order valence-electron chi connectivity index (χ2n) is 7.49. The van der Waals surface area contributed by atoms with Crippen LogP contribution in [0.25, 0.3) is 22.1 Å². The van der Waals surface area contributed by atoms with E-state index in [9.17, 15) is 15.3 Å². The zero-order chi connectivity index (χ0) is 21.4. The number of pyridine rings is 1. The third kappa shape index (κ3) is 3.59. The number of benzene rings is 1. The lowest BCUT2D eigenvalue weighted by Gasteiger charge is -2.16. The van der Waals surface area contributed by atoms with Gasteiger partial charge in [0.25, 0.3) is 0 Å². The Hall–Kier alpha value is -3.18. The van der Waals surface area contributed by atoms with Gasteiger partial charge >= 0.3 is 0 Å². The summed E-state index contributed by atoms with van der Waals surface area (Å²) in [6.45, 7) is 0.222. The Kier molecular flexibility index (Phi) is 5.20. The Balaban J connectivity index is 1.33. The molecule has 0 aliphatic carbocycles. The highest BCUT2D eigenvalue weighted by molar-refractivity contribution is 5.82.